The molecule has 1 unspecified atom stereocenters. The van der Waals surface area contributed by atoms with Crippen LogP contribution in [0.4, 0.5) is 0 Å². The molecular weight excluding hydrogens is 236 g/mol. The minimum atomic E-state index is -0.119. The van der Waals surface area contributed by atoms with Crippen molar-refractivity contribution >= 4 is 5.78 Å². The third-order valence-electron chi connectivity index (χ3n) is 3.16. The van der Waals surface area contributed by atoms with Crippen molar-refractivity contribution in [1.29, 1.82) is 0 Å². The van der Waals surface area contributed by atoms with Crippen molar-refractivity contribution in [2.45, 2.75) is 27.2 Å². The maximum absolute atomic E-state index is 12.0. The Hall–Kier alpha value is -1.83. The third-order valence-corrected chi connectivity index (χ3v) is 3.16. The van der Waals surface area contributed by atoms with Crippen molar-refractivity contribution in [3.8, 4) is 0 Å². The van der Waals surface area contributed by atoms with Gasteiger partial charge in [-0.2, -0.15) is 0 Å². The highest BCUT2D eigenvalue weighted by Gasteiger charge is 2.20. The van der Waals surface area contributed by atoms with Crippen LogP contribution < -0.4 is 0 Å². The minimum Gasteiger partial charge on any atom is -0.497 e. The highest BCUT2D eigenvalue weighted by atomic mass is 16.5. The van der Waals surface area contributed by atoms with Gasteiger partial charge in [-0.3, -0.25) is 4.79 Å². The number of ether oxygens (including phenoxy) is 1. The average Bonchev–Trinajstić information content (AvgIpc) is 2.43. The topological polar surface area (TPSA) is 26.3 Å². The molecule has 1 atom stereocenters. The number of carbonyl (C=O) groups is 1. The van der Waals surface area contributed by atoms with Gasteiger partial charge in [0.25, 0.3) is 0 Å². The SMILES string of the molecule is CC=CC(=CC)C(=O)C=CC1(C)C=CC(OC)=CC1. The first kappa shape index (κ1) is 15.2. The fourth-order valence-corrected chi connectivity index (χ4v) is 1.87. The normalized spacial score (nSPS) is 24.0. The summed E-state index contributed by atoms with van der Waals surface area (Å²) in [6.45, 7) is 5.88. The molecule has 102 valence electrons. The van der Waals surface area contributed by atoms with Gasteiger partial charge in [-0.15, -0.1) is 0 Å². The number of hydrogen-bond acceptors (Lipinski definition) is 2. The van der Waals surface area contributed by atoms with Crippen molar-refractivity contribution in [2.24, 2.45) is 5.41 Å². The molecular formula is C17H22O2. The molecule has 0 saturated heterocycles. The Morgan fingerprint density at radius 2 is 2.11 bits per heavy atom. The summed E-state index contributed by atoms with van der Waals surface area (Å²) in [4.78, 5) is 12.0. The van der Waals surface area contributed by atoms with Crippen molar-refractivity contribution in [2.75, 3.05) is 7.11 Å². The minimum absolute atomic E-state index is 0.0387. The van der Waals surface area contributed by atoms with Crippen molar-refractivity contribution in [1.82, 2.24) is 0 Å². The lowest BCUT2D eigenvalue weighted by Gasteiger charge is -2.23. The molecule has 2 nitrogen and oxygen atoms in total. The van der Waals surface area contributed by atoms with Crippen molar-refractivity contribution in [3.63, 3.8) is 0 Å². The summed E-state index contributed by atoms with van der Waals surface area (Å²) < 4.78 is 5.16. The Balaban J connectivity index is 2.75. The molecule has 0 aromatic rings. The summed E-state index contributed by atoms with van der Waals surface area (Å²) >= 11 is 0. The molecule has 2 heteroatoms. The Labute approximate surface area is 115 Å². The predicted molar refractivity (Wildman–Crippen MR) is 79.7 cm³/mol. The van der Waals surface area contributed by atoms with Gasteiger partial charge in [0, 0.05) is 11.0 Å². The summed E-state index contributed by atoms with van der Waals surface area (Å²) in [6, 6.07) is 0. The van der Waals surface area contributed by atoms with Crippen LogP contribution in [0.2, 0.25) is 0 Å². The molecule has 0 aliphatic heterocycles. The lowest BCUT2D eigenvalue weighted by atomic mass is 9.82. The number of ketones is 1. The Morgan fingerprint density at radius 3 is 2.58 bits per heavy atom. The van der Waals surface area contributed by atoms with Gasteiger partial charge in [-0.25, -0.2) is 0 Å². The summed E-state index contributed by atoms with van der Waals surface area (Å²) in [5.41, 5.74) is 0.599. The highest BCUT2D eigenvalue weighted by molar-refractivity contribution is 6.06. The average molecular weight is 258 g/mol. The van der Waals surface area contributed by atoms with E-state index in [1.165, 1.54) is 0 Å². The molecule has 0 aromatic heterocycles. The van der Waals surface area contributed by atoms with E-state index in [1.54, 1.807) is 13.2 Å². The fraction of sp³-hybridized carbons (Fsp3) is 0.353. The smallest absolute Gasteiger partial charge is 0.185 e. The van der Waals surface area contributed by atoms with Crippen LogP contribution in [-0.2, 0) is 9.53 Å². The van der Waals surface area contributed by atoms with Crippen LogP contribution in [0, 0.1) is 5.41 Å². The van der Waals surface area contributed by atoms with E-state index < -0.39 is 0 Å². The lowest BCUT2D eigenvalue weighted by molar-refractivity contribution is -0.111. The molecule has 0 fully saturated rings. The Kier molecular flexibility index (Phi) is 5.56. The van der Waals surface area contributed by atoms with Gasteiger partial charge in [-0.1, -0.05) is 37.3 Å². The maximum atomic E-state index is 12.0. The second-order valence-electron chi connectivity index (χ2n) is 4.80. The highest BCUT2D eigenvalue weighted by Crippen LogP contribution is 2.31. The first-order valence-corrected chi connectivity index (χ1v) is 6.50. The first-order chi connectivity index (χ1) is 9.04. The fourth-order valence-electron chi connectivity index (χ4n) is 1.87. The summed E-state index contributed by atoms with van der Waals surface area (Å²) in [5, 5.41) is 0. The summed E-state index contributed by atoms with van der Waals surface area (Å²) in [5.74, 6) is 0.914. The van der Waals surface area contributed by atoms with Crippen LogP contribution in [-0.4, -0.2) is 12.9 Å². The monoisotopic (exact) mass is 258 g/mol. The second kappa shape index (κ2) is 6.93. The van der Waals surface area contributed by atoms with Crippen LogP contribution in [0.5, 0.6) is 0 Å². The number of carbonyl (C=O) groups excluding carboxylic acids is 1. The van der Waals surface area contributed by atoms with E-state index in [-0.39, 0.29) is 11.2 Å². The third kappa shape index (κ3) is 4.40. The zero-order valence-electron chi connectivity index (χ0n) is 12.1. The quantitative estimate of drug-likeness (QED) is 0.547. The first-order valence-electron chi connectivity index (χ1n) is 6.50. The molecule has 0 spiro atoms. The van der Waals surface area contributed by atoms with E-state index in [4.69, 9.17) is 4.74 Å². The molecule has 19 heavy (non-hydrogen) atoms. The van der Waals surface area contributed by atoms with E-state index in [2.05, 4.69) is 13.0 Å². The Bertz CT molecular complexity index is 475. The Morgan fingerprint density at radius 1 is 1.37 bits per heavy atom. The molecule has 0 aromatic carbocycles. The summed E-state index contributed by atoms with van der Waals surface area (Å²) in [7, 11) is 1.66. The number of rotatable bonds is 5. The maximum Gasteiger partial charge on any atom is 0.185 e. The van der Waals surface area contributed by atoms with Gasteiger partial charge in [-0.05, 0) is 38.5 Å². The van der Waals surface area contributed by atoms with Crippen LogP contribution in [0.1, 0.15) is 27.2 Å². The van der Waals surface area contributed by atoms with E-state index in [0.29, 0.717) is 0 Å². The molecule has 0 N–H and O–H groups in total. The van der Waals surface area contributed by atoms with Crippen LogP contribution in [0.15, 0.2) is 59.9 Å². The predicted octanol–water partition coefficient (Wildman–Crippen LogP) is 4.13. The largest absolute Gasteiger partial charge is 0.497 e. The molecule has 0 radical (unpaired) electrons. The van der Waals surface area contributed by atoms with Crippen molar-refractivity contribution < 1.29 is 9.53 Å². The van der Waals surface area contributed by atoms with Gasteiger partial charge >= 0.3 is 0 Å². The molecule has 0 amide bonds. The van der Waals surface area contributed by atoms with Crippen LogP contribution >= 0.6 is 0 Å². The second-order valence-corrected chi connectivity index (χ2v) is 4.80. The molecule has 1 rings (SSSR count). The zero-order chi connectivity index (χ0) is 14.3. The molecule has 1 aliphatic rings. The molecule has 0 heterocycles. The van der Waals surface area contributed by atoms with Gasteiger partial charge in [0.2, 0.25) is 0 Å². The summed E-state index contributed by atoms with van der Waals surface area (Å²) in [6.07, 6.45) is 16.0. The van der Waals surface area contributed by atoms with E-state index in [9.17, 15) is 4.79 Å². The van der Waals surface area contributed by atoms with E-state index >= 15 is 0 Å². The standard InChI is InChI=1S/C17H22O2/c1-5-7-14(6-2)16(18)10-13-17(3)11-8-15(19-4)9-12-17/h5-11,13H,12H2,1-4H3. The van der Waals surface area contributed by atoms with Crippen LogP contribution in [0.25, 0.3) is 0 Å². The van der Waals surface area contributed by atoms with Gasteiger partial charge < -0.3 is 4.74 Å². The van der Waals surface area contributed by atoms with E-state index in [0.717, 1.165) is 17.8 Å². The van der Waals surface area contributed by atoms with Gasteiger partial charge in [0.1, 0.15) is 5.76 Å². The van der Waals surface area contributed by atoms with Gasteiger partial charge in [0.15, 0.2) is 5.78 Å². The molecule has 0 saturated carbocycles. The number of hydrogen-bond donors (Lipinski definition) is 0. The van der Waals surface area contributed by atoms with E-state index in [1.807, 2.05) is 50.3 Å². The lowest BCUT2D eigenvalue weighted by Crippen LogP contribution is -2.12. The number of allylic oxidation sites excluding steroid dienone is 9. The van der Waals surface area contributed by atoms with Crippen molar-refractivity contribution in [3.05, 3.63) is 59.9 Å². The molecule has 1 aliphatic carbocycles. The number of methoxy groups -OCH3 is 1. The zero-order valence-corrected chi connectivity index (χ0v) is 12.1. The van der Waals surface area contributed by atoms with Gasteiger partial charge in [0.05, 0.1) is 7.11 Å². The van der Waals surface area contributed by atoms with Crippen LogP contribution in [0.3, 0.4) is 0 Å². The molecule has 0 bridgehead atoms.